The van der Waals surface area contributed by atoms with Crippen LogP contribution in [0.4, 0.5) is 0 Å². The Bertz CT molecular complexity index is 297. The lowest BCUT2D eigenvalue weighted by atomic mass is 10.1. The van der Waals surface area contributed by atoms with E-state index in [1.54, 1.807) is 14.2 Å². The predicted octanol–water partition coefficient (Wildman–Crippen LogP) is 0.648. The topological polar surface area (TPSA) is 73.3 Å². The van der Waals surface area contributed by atoms with Crippen molar-refractivity contribution in [2.75, 3.05) is 73.5 Å². The first-order valence-electron chi connectivity index (χ1n) is 8.53. The first kappa shape index (κ1) is 20.2. The summed E-state index contributed by atoms with van der Waals surface area (Å²) in [6, 6.07) is 0. The Balaban J connectivity index is 1.87. The Morgan fingerprint density at radius 2 is 1.83 bits per heavy atom. The van der Waals surface area contributed by atoms with Gasteiger partial charge in [0, 0.05) is 53.0 Å². The number of hydrogen-bond acceptors (Lipinski definition) is 5. The Morgan fingerprint density at radius 3 is 2.43 bits per heavy atom. The Kier molecular flexibility index (Phi) is 12.9. The summed E-state index contributed by atoms with van der Waals surface area (Å²) in [5.41, 5.74) is 0. The van der Waals surface area contributed by atoms with Crippen LogP contribution in [0.2, 0.25) is 0 Å². The molecule has 0 aliphatic carbocycles. The van der Waals surface area contributed by atoms with Gasteiger partial charge in [0.15, 0.2) is 5.96 Å². The molecule has 0 saturated carbocycles. The monoisotopic (exact) mass is 331 g/mol. The normalized spacial score (nSPS) is 18.3. The van der Waals surface area contributed by atoms with Crippen molar-refractivity contribution >= 4 is 5.96 Å². The van der Waals surface area contributed by atoms with Gasteiger partial charge in [-0.15, -0.1) is 0 Å². The molecule has 0 spiro atoms. The minimum atomic E-state index is 0.587. The van der Waals surface area contributed by atoms with Gasteiger partial charge in [-0.1, -0.05) is 0 Å². The van der Waals surface area contributed by atoms with Gasteiger partial charge in [-0.2, -0.15) is 0 Å². The van der Waals surface area contributed by atoms with Crippen molar-refractivity contribution in [3.05, 3.63) is 0 Å². The van der Waals surface area contributed by atoms with Crippen LogP contribution in [0.25, 0.3) is 0 Å². The molecule has 7 heteroatoms. The second-order valence-corrected chi connectivity index (χ2v) is 5.54. The fraction of sp³-hybridized carbons (Fsp3) is 0.938. The number of nitrogens with zero attached hydrogens (tertiary/aromatic N) is 1. The summed E-state index contributed by atoms with van der Waals surface area (Å²) in [4.78, 5) is 4.19. The molecule has 1 fully saturated rings. The molecular formula is C16H33N3O4. The van der Waals surface area contributed by atoms with Gasteiger partial charge < -0.3 is 29.6 Å². The molecule has 1 unspecified atom stereocenters. The SMILES string of the molecule is CN=C(NCCCOCCOC)NCCCOCC1CCOC1. The van der Waals surface area contributed by atoms with E-state index >= 15 is 0 Å². The summed E-state index contributed by atoms with van der Waals surface area (Å²) in [7, 11) is 3.45. The summed E-state index contributed by atoms with van der Waals surface area (Å²) in [6.45, 7) is 7.04. The van der Waals surface area contributed by atoms with Crippen molar-refractivity contribution in [1.29, 1.82) is 0 Å². The van der Waals surface area contributed by atoms with E-state index < -0.39 is 0 Å². The van der Waals surface area contributed by atoms with Gasteiger partial charge in [-0.05, 0) is 19.3 Å². The molecule has 136 valence electrons. The summed E-state index contributed by atoms with van der Waals surface area (Å²) < 4.78 is 21.3. The second kappa shape index (κ2) is 14.7. The van der Waals surface area contributed by atoms with Crippen LogP contribution in [0.5, 0.6) is 0 Å². The highest BCUT2D eigenvalue weighted by Gasteiger charge is 2.15. The number of ether oxygens (including phenoxy) is 4. The summed E-state index contributed by atoms with van der Waals surface area (Å²) in [5, 5.41) is 6.55. The minimum absolute atomic E-state index is 0.587. The molecular weight excluding hydrogens is 298 g/mol. The number of rotatable bonds is 13. The zero-order chi connectivity index (χ0) is 16.6. The van der Waals surface area contributed by atoms with E-state index in [1.165, 1.54) is 0 Å². The average Bonchev–Trinajstić information content (AvgIpc) is 3.08. The van der Waals surface area contributed by atoms with E-state index in [0.717, 1.165) is 71.3 Å². The van der Waals surface area contributed by atoms with E-state index in [0.29, 0.717) is 19.1 Å². The molecule has 0 aromatic heterocycles. The lowest BCUT2D eigenvalue weighted by Gasteiger charge is -2.12. The fourth-order valence-corrected chi connectivity index (χ4v) is 2.19. The van der Waals surface area contributed by atoms with Gasteiger partial charge in [-0.25, -0.2) is 0 Å². The standard InChI is InChI=1S/C16H33N3O4/c1-17-16(18-6-3-8-21-12-11-20-2)19-7-4-9-22-13-15-5-10-23-14-15/h15H,3-14H2,1-2H3,(H2,17,18,19). The van der Waals surface area contributed by atoms with Gasteiger partial charge in [0.2, 0.25) is 0 Å². The maximum absolute atomic E-state index is 5.67. The van der Waals surface area contributed by atoms with E-state index in [2.05, 4.69) is 15.6 Å². The molecule has 1 atom stereocenters. The molecule has 1 heterocycles. The molecule has 1 rings (SSSR count). The average molecular weight is 331 g/mol. The van der Waals surface area contributed by atoms with Crippen LogP contribution in [0.15, 0.2) is 4.99 Å². The van der Waals surface area contributed by atoms with Gasteiger partial charge in [0.1, 0.15) is 0 Å². The third-order valence-corrected chi connectivity index (χ3v) is 3.55. The third kappa shape index (κ3) is 11.3. The molecule has 1 saturated heterocycles. The molecule has 0 aromatic rings. The molecule has 1 aliphatic rings. The van der Waals surface area contributed by atoms with Crippen LogP contribution in [0, 0.1) is 5.92 Å². The fourth-order valence-electron chi connectivity index (χ4n) is 2.19. The van der Waals surface area contributed by atoms with Crippen molar-refractivity contribution in [2.24, 2.45) is 10.9 Å². The van der Waals surface area contributed by atoms with Gasteiger partial charge >= 0.3 is 0 Å². The highest BCUT2D eigenvalue weighted by molar-refractivity contribution is 5.79. The molecule has 1 aliphatic heterocycles. The van der Waals surface area contributed by atoms with E-state index in [1.807, 2.05) is 0 Å². The first-order chi connectivity index (χ1) is 11.4. The lowest BCUT2D eigenvalue weighted by molar-refractivity contribution is 0.0698. The Labute approximate surface area is 140 Å². The molecule has 0 aromatic carbocycles. The largest absolute Gasteiger partial charge is 0.382 e. The smallest absolute Gasteiger partial charge is 0.190 e. The zero-order valence-electron chi connectivity index (χ0n) is 14.6. The summed E-state index contributed by atoms with van der Waals surface area (Å²) in [6.07, 6.45) is 3.04. The Hall–Kier alpha value is -0.890. The molecule has 0 bridgehead atoms. The number of nitrogens with one attached hydrogen (secondary N) is 2. The van der Waals surface area contributed by atoms with Crippen LogP contribution in [-0.4, -0.2) is 79.5 Å². The van der Waals surface area contributed by atoms with E-state index in [9.17, 15) is 0 Å². The van der Waals surface area contributed by atoms with Crippen molar-refractivity contribution < 1.29 is 18.9 Å². The third-order valence-electron chi connectivity index (χ3n) is 3.55. The zero-order valence-corrected chi connectivity index (χ0v) is 14.6. The highest BCUT2D eigenvalue weighted by Crippen LogP contribution is 2.12. The first-order valence-corrected chi connectivity index (χ1v) is 8.53. The maximum atomic E-state index is 5.67. The van der Waals surface area contributed by atoms with Crippen LogP contribution in [-0.2, 0) is 18.9 Å². The second-order valence-electron chi connectivity index (χ2n) is 5.54. The number of guanidine groups is 1. The predicted molar refractivity (Wildman–Crippen MR) is 91.0 cm³/mol. The van der Waals surface area contributed by atoms with Gasteiger partial charge in [0.05, 0.1) is 26.4 Å². The lowest BCUT2D eigenvalue weighted by Crippen LogP contribution is -2.38. The highest BCUT2D eigenvalue weighted by atomic mass is 16.5. The van der Waals surface area contributed by atoms with Crippen LogP contribution in [0.3, 0.4) is 0 Å². The van der Waals surface area contributed by atoms with Gasteiger partial charge in [-0.3, -0.25) is 4.99 Å². The van der Waals surface area contributed by atoms with Gasteiger partial charge in [0.25, 0.3) is 0 Å². The number of methoxy groups -OCH3 is 1. The van der Waals surface area contributed by atoms with Crippen LogP contribution < -0.4 is 10.6 Å². The molecule has 0 radical (unpaired) electrons. The molecule has 2 N–H and O–H groups in total. The van der Waals surface area contributed by atoms with Crippen LogP contribution in [0.1, 0.15) is 19.3 Å². The summed E-state index contributed by atoms with van der Waals surface area (Å²) >= 11 is 0. The van der Waals surface area contributed by atoms with Crippen molar-refractivity contribution in [2.45, 2.75) is 19.3 Å². The van der Waals surface area contributed by atoms with E-state index in [4.69, 9.17) is 18.9 Å². The number of hydrogen-bond donors (Lipinski definition) is 2. The Morgan fingerprint density at radius 1 is 1.09 bits per heavy atom. The molecule has 23 heavy (non-hydrogen) atoms. The van der Waals surface area contributed by atoms with Crippen molar-refractivity contribution in [3.8, 4) is 0 Å². The number of aliphatic imine (C=N–C) groups is 1. The van der Waals surface area contributed by atoms with Crippen molar-refractivity contribution in [1.82, 2.24) is 10.6 Å². The quantitative estimate of drug-likeness (QED) is 0.293. The molecule has 7 nitrogen and oxygen atoms in total. The molecule has 0 amide bonds. The van der Waals surface area contributed by atoms with Crippen LogP contribution >= 0.6 is 0 Å². The summed E-state index contributed by atoms with van der Waals surface area (Å²) in [5.74, 6) is 1.41. The minimum Gasteiger partial charge on any atom is -0.382 e. The van der Waals surface area contributed by atoms with Crippen molar-refractivity contribution in [3.63, 3.8) is 0 Å². The van der Waals surface area contributed by atoms with E-state index in [-0.39, 0.29) is 0 Å². The maximum Gasteiger partial charge on any atom is 0.190 e.